The van der Waals surface area contributed by atoms with Crippen molar-refractivity contribution in [3.05, 3.63) is 65.5 Å². The van der Waals surface area contributed by atoms with Crippen LogP contribution in [-0.2, 0) is 19.4 Å². The van der Waals surface area contributed by atoms with Crippen molar-refractivity contribution < 1.29 is 27.2 Å². The van der Waals surface area contributed by atoms with Gasteiger partial charge in [0.1, 0.15) is 5.82 Å². The first-order chi connectivity index (χ1) is 15.6. The van der Waals surface area contributed by atoms with Crippen molar-refractivity contribution in [1.82, 2.24) is 15.1 Å². The van der Waals surface area contributed by atoms with Gasteiger partial charge in [0.2, 0.25) is 21.1 Å². The minimum atomic E-state index is -4.29. The maximum atomic E-state index is 13.4. The van der Waals surface area contributed by atoms with Crippen molar-refractivity contribution in [2.45, 2.75) is 30.5 Å². The second-order valence-electron chi connectivity index (χ2n) is 7.78. The molecule has 3 amide bonds. The Hall–Kier alpha value is -3.27. The fourth-order valence-electron chi connectivity index (χ4n) is 3.51. The fourth-order valence-corrected chi connectivity index (χ4v) is 4.97. The summed E-state index contributed by atoms with van der Waals surface area (Å²) in [5, 5.41) is 0.458. The number of hydrogen-bond acceptors (Lipinski definition) is 5. The summed E-state index contributed by atoms with van der Waals surface area (Å²) in [6.45, 7) is 4.40. The van der Waals surface area contributed by atoms with Crippen LogP contribution >= 0.6 is 0 Å². The number of halogens is 1. The van der Waals surface area contributed by atoms with E-state index < -0.39 is 32.8 Å². The summed E-state index contributed by atoms with van der Waals surface area (Å²) in [4.78, 5) is 40.8. The van der Waals surface area contributed by atoms with Crippen LogP contribution in [0.15, 0.2) is 53.4 Å². The minimum absolute atomic E-state index is 0.0201. The lowest BCUT2D eigenvalue weighted by molar-refractivity contribution is -0.139. The maximum Gasteiger partial charge on any atom is 0.261 e. The Morgan fingerprint density at radius 1 is 0.939 bits per heavy atom. The lowest BCUT2D eigenvalue weighted by atomic mass is 10.2. The van der Waals surface area contributed by atoms with Gasteiger partial charge < -0.3 is 15.1 Å². The molecular formula is C23H26FN3O5S. The topological polar surface area (TPSA) is 104 Å². The predicted molar refractivity (Wildman–Crippen MR) is 119 cm³/mol. The monoisotopic (exact) mass is 475 g/mol. The van der Waals surface area contributed by atoms with Crippen LogP contribution in [0.1, 0.15) is 29.3 Å². The number of benzene rings is 2. The van der Waals surface area contributed by atoms with Gasteiger partial charge in [0, 0.05) is 38.2 Å². The van der Waals surface area contributed by atoms with Gasteiger partial charge in [-0.05, 0) is 43.3 Å². The second kappa shape index (κ2) is 10.1. The third-order valence-corrected chi connectivity index (χ3v) is 7.37. The van der Waals surface area contributed by atoms with Gasteiger partial charge in [-0.1, -0.05) is 24.6 Å². The largest absolute Gasteiger partial charge is 0.339 e. The molecule has 2 aromatic rings. The average molecular weight is 476 g/mol. The molecule has 0 saturated carbocycles. The minimum Gasteiger partial charge on any atom is -0.339 e. The summed E-state index contributed by atoms with van der Waals surface area (Å²) in [5.74, 6) is -2.19. The quantitative estimate of drug-likeness (QED) is 0.686. The highest BCUT2D eigenvalue weighted by atomic mass is 32.2. The molecule has 0 spiro atoms. The highest BCUT2D eigenvalue weighted by molar-refractivity contribution is 7.92. The molecule has 10 heteroatoms. The number of rotatable bonds is 6. The molecule has 0 bridgehead atoms. The molecule has 1 heterocycles. The smallest absolute Gasteiger partial charge is 0.261 e. The van der Waals surface area contributed by atoms with Gasteiger partial charge in [0.25, 0.3) is 11.8 Å². The van der Waals surface area contributed by atoms with Gasteiger partial charge in [-0.2, -0.15) is 0 Å². The molecule has 0 aromatic heterocycles. The van der Waals surface area contributed by atoms with E-state index in [1.807, 2.05) is 0 Å². The van der Waals surface area contributed by atoms with Crippen LogP contribution in [0.5, 0.6) is 0 Å². The number of hydrogen-bond donors (Lipinski definition) is 1. The number of amides is 3. The van der Waals surface area contributed by atoms with Crippen molar-refractivity contribution in [3.8, 4) is 0 Å². The number of aryl methyl sites for hydroxylation is 1. The van der Waals surface area contributed by atoms with Gasteiger partial charge in [-0.15, -0.1) is 0 Å². The van der Waals surface area contributed by atoms with E-state index in [1.54, 1.807) is 30.9 Å². The van der Waals surface area contributed by atoms with Crippen LogP contribution in [0.3, 0.4) is 0 Å². The predicted octanol–water partition coefficient (Wildman–Crippen LogP) is 1.74. The molecule has 176 valence electrons. The molecular weight excluding hydrogens is 449 g/mol. The van der Waals surface area contributed by atoms with Gasteiger partial charge >= 0.3 is 0 Å². The molecule has 2 aromatic carbocycles. The summed E-state index contributed by atoms with van der Waals surface area (Å²) < 4.78 is 40.0. The highest BCUT2D eigenvalue weighted by Crippen LogP contribution is 2.19. The van der Waals surface area contributed by atoms with Crippen LogP contribution in [0, 0.1) is 12.7 Å². The molecule has 1 N–H and O–H groups in total. The Balaban J connectivity index is 1.88. The molecule has 1 fully saturated rings. The van der Waals surface area contributed by atoms with E-state index >= 15 is 0 Å². The molecule has 0 radical (unpaired) electrons. The normalized spacial score (nSPS) is 15.1. The lowest BCUT2D eigenvalue weighted by Gasteiger charge is -2.36. The molecule has 1 unspecified atom stereocenters. The molecule has 0 aliphatic carbocycles. The average Bonchev–Trinajstić information content (AvgIpc) is 2.82. The first-order valence-corrected chi connectivity index (χ1v) is 12.1. The number of piperazine rings is 1. The molecule has 1 saturated heterocycles. The van der Waals surface area contributed by atoms with E-state index in [4.69, 9.17) is 0 Å². The summed E-state index contributed by atoms with van der Waals surface area (Å²) >= 11 is 0. The first-order valence-electron chi connectivity index (χ1n) is 10.6. The Morgan fingerprint density at radius 3 is 2.03 bits per heavy atom. The molecule has 33 heavy (non-hydrogen) atoms. The Bertz CT molecular complexity index is 1130. The van der Waals surface area contributed by atoms with Crippen LogP contribution in [0.4, 0.5) is 4.39 Å². The number of nitrogens with zero attached hydrogens (tertiary/aromatic N) is 2. The zero-order valence-electron chi connectivity index (χ0n) is 18.5. The molecule has 1 aliphatic heterocycles. The van der Waals surface area contributed by atoms with E-state index in [9.17, 15) is 27.2 Å². The van der Waals surface area contributed by atoms with Gasteiger partial charge in [0.15, 0.2) is 0 Å². The van der Waals surface area contributed by atoms with Gasteiger partial charge in [0.05, 0.1) is 4.90 Å². The molecule has 1 atom stereocenters. The number of carbonyl (C=O) groups excluding carboxylic acids is 3. The maximum absolute atomic E-state index is 13.4. The lowest BCUT2D eigenvalue weighted by Crippen LogP contribution is -2.57. The third-order valence-electron chi connectivity index (χ3n) is 5.50. The zero-order valence-corrected chi connectivity index (χ0v) is 19.3. The van der Waals surface area contributed by atoms with E-state index in [-0.39, 0.29) is 42.5 Å². The van der Waals surface area contributed by atoms with Crippen LogP contribution in [0.2, 0.25) is 0 Å². The SMILES string of the molecule is CCC(=O)N1CCN(C(=O)C(NC(=O)c2ccc(F)cc2)S(=O)(=O)c2ccc(C)cc2)CC1. The van der Waals surface area contributed by atoms with E-state index in [1.165, 1.54) is 29.2 Å². The van der Waals surface area contributed by atoms with Crippen molar-refractivity contribution in [2.24, 2.45) is 0 Å². The highest BCUT2D eigenvalue weighted by Gasteiger charge is 2.39. The summed E-state index contributed by atoms with van der Waals surface area (Å²) in [5.41, 5.74) is 0.857. The van der Waals surface area contributed by atoms with Crippen LogP contribution in [0.25, 0.3) is 0 Å². The molecule has 3 rings (SSSR count). The zero-order chi connectivity index (χ0) is 24.2. The van der Waals surface area contributed by atoms with Crippen molar-refractivity contribution in [1.29, 1.82) is 0 Å². The Kier molecular flexibility index (Phi) is 7.47. The Morgan fingerprint density at radius 2 is 1.48 bits per heavy atom. The van der Waals surface area contributed by atoms with Crippen molar-refractivity contribution in [3.63, 3.8) is 0 Å². The first kappa shape index (κ1) is 24.4. The molecule has 1 aliphatic rings. The number of sulfone groups is 1. The van der Waals surface area contributed by atoms with Crippen molar-refractivity contribution >= 4 is 27.6 Å². The molecule has 8 nitrogen and oxygen atoms in total. The van der Waals surface area contributed by atoms with Crippen LogP contribution in [-0.4, -0.2) is 67.5 Å². The standard InChI is InChI=1S/C23H26FN3O5S/c1-3-20(28)26-12-14-27(15-13-26)23(30)22(25-21(29)17-6-8-18(24)9-7-17)33(31,32)19-10-4-16(2)5-11-19/h4-11,22H,3,12-15H2,1-2H3,(H,25,29). The fraction of sp³-hybridized carbons (Fsp3) is 0.348. The van der Waals surface area contributed by atoms with Gasteiger partial charge in [-0.25, -0.2) is 12.8 Å². The summed E-state index contributed by atoms with van der Waals surface area (Å²) in [7, 11) is -4.29. The number of carbonyl (C=O) groups is 3. The van der Waals surface area contributed by atoms with Crippen LogP contribution < -0.4 is 5.32 Å². The third kappa shape index (κ3) is 5.57. The van der Waals surface area contributed by atoms with E-state index in [0.717, 1.165) is 17.7 Å². The summed E-state index contributed by atoms with van der Waals surface area (Å²) in [6.07, 6.45) is 0.339. The number of nitrogens with one attached hydrogen (secondary N) is 1. The van der Waals surface area contributed by atoms with Gasteiger partial charge in [-0.3, -0.25) is 14.4 Å². The second-order valence-corrected chi connectivity index (χ2v) is 9.81. The van der Waals surface area contributed by atoms with E-state index in [0.29, 0.717) is 6.42 Å². The van der Waals surface area contributed by atoms with Crippen molar-refractivity contribution in [2.75, 3.05) is 26.2 Å². The van der Waals surface area contributed by atoms with E-state index in [2.05, 4.69) is 5.32 Å². The Labute approximate surface area is 192 Å². The summed E-state index contributed by atoms with van der Waals surface area (Å²) in [6, 6.07) is 10.5.